The molecule has 2 N–H and O–H groups in total. The number of carboxylic acids is 1. The van der Waals surface area contributed by atoms with Gasteiger partial charge >= 0.3 is 12.0 Å². The normalized spacial score (nSPS) is 14.5. The van der Waals surface area contributed by atoms with Gasteiger partial charge < -0.3 is 15.3 Å². The van der Waals surface area contributed by atoms with E-state index in [4.69, 9.17) is 0 Å². The zero-order chi connectivity index (χ0) is 20.1. The van der Waals surface area contributed by atoms with Crippen molar-refractivity contribution in [1.29, 1.82) is 0 Å². The van der Waals surface area contributed by atoms with Crippen LogP contribution in [0.15, 0.2) is 48.5 Å². The number of carbonyl (C=O) groups is 3. The van der Waals surface area contributed by atoms with Gasteiger partial charge in [-0.3, -0.25) is 14.5 Å². The molecule has 7 heteroatoms. The molecule has 0 saturated heterocycles. The van der Waals surface area contributed by atoms with Crippen molar-refractivity contribution in [2.24, 2.45) is 0 Å². The van der Waals surface area contributed by atoms with Gasteiger partial charge in [0.2, 0.25) is 5.91 Å². The maximum atomic E-state index is 12.9. The van der Waals surface area contributed by atoms with E-state index < -0.39 is 18.4 Å². The summed E-state index contributed by atoms with van der Waals surface area (Å²) in [5.74, 6) is -1.52. The second kappa shape index (κ2) is 8.56. The van der Waals surface area contributed by atoms with Gasteiger partial charge in [0.15, 0.2) is 0 Å². The number of amides is 3. The Morgan fingerprint density at radius 2 is 1.93 bits per heavy atom. The summed E-state index contributed by atoms with van der Waals surface area (Å²) in [4.78, 5) is 39.6. The molecule has 0 saturated carbocycles. The molecule has 0 aliphatic carbocycles. The summed E-state index contributed by atoms with van der Waals surface area (Å²) in [5.41, 5.74) is 3.17. The van der Waals surface area contributed by atoms with Crippen LogP contribution in [0, 0.1) is 6.92 Å². The van der Waals surface area contributed by atoms with Gasteiger partial charge in [0.1, 0.15) is 13.1 Å². The van der Waals surface area contributed by atoms with Gasteiger partial charge in [0, 0.05) is 17.9 Å². The van der Waals surface area contributed by atoms with E-state index in [1.54, 1.807) is 18.2 Å². The van der Waals surface area contributed by atoms with Crippen LogP contribution in [0.1, 0.15) is 17.5 Å². The van der Waals surface area contributed by atoms with Crippen LogP contribution in [0.4, 0.5) is 16.2 Å². The molecule has 0 radical (unpaired) electrons. The first-order chi connectivity index (χ1) is 13.4. The Morgan fingerprint density at radius 1 is 1.14 bits per heavy atom. The fourth-order valence-corrected chi connectivity index (χ4v) is 3.32. The van der Waals surface area contributed by atoms with Crippen LogP contribution < -0.4 is 10.2 Å². The van der Waals surface area contributed by atoms with E-state index >= 15 is 0 Å². The lowest BCUT2D eigenvalue weighted by molar-refractivity contribution is -0.136. The fourth-order valence-electron chi connectivity index (χ4n) is 3.32. The molecule has 2 aromatic rings. The number of aryl methyl sites for hydroxylation is 2. The first-order valence-corrected chi connectivity index (χ1v) is 9.16. The molecule has 0 bridgehead atoms. The van der Waals surface area contributed by atoms with E-state index in [0.717, 1.165) is 11.1 Å². The highest BCUT2D eigenvalue weighted by Gasteiger charge is 2.27. The maximum Gasteiger partial charge on any atom is 0.323 e. The van der Waals surface area contributed by atoms with Crippen molar-refractivity contribution in [1.82, 2.24) is 4.90 Å². The van der Waals surface area contributed by atoms with Crippen LogP contribution >= 0.6 is 0 Å². The highest BCUT2D eigenvalue weighted by Crippen LogP contribution is 2.24. The minimum atomic E-state index is -1.10. The zero-order valence-corrected chi connectivity index (χ0v) is 15.7. The number of carboxylic acid groups (broad SMARTS) is 1. The summed E-state index contributed by atoms with van der Waals surface area (Å²) >= 11 is 0. The molecule has 28 heavy (non-hydrogen) atoms. The van der Waals surface area contributed by atoms with Gasteiger partial charge in [-0.05, 0) is 49.1 Å². The molecule has 3 rings (SSSR count). The molecule has 3 amide bonds. The zero-order valence-electron chi connectivity index (χ0n) is 15.7. The lowest BCUT2D eigenvalue weighted by atomic mass is 10.1. The molecule has 0 spiro atoms. The second-order valence-electron chi connectivity index (χ2n) is 6.83. The monoisotopic (exact) mass is 381 g/mol. The number of hydrogen-bond acceptors (Lipinski definition) is 3. The van der Waals surface area contributed by atoms with Crippen LogP contribution in [-0.2, 0) is 16.0 Å². The highest BCUT2D eigenvalue weighted by atomic mass is 16.4. The van der Waals surface area contributed by atoms with Crippen molar-refractivity contribution in [2.75, 3.05) is 29.9 Å². The van der Waals surface area contributed by atoms with Gasteiger partial charge in [0.05, 0.1) is 0 Å². The SMILES string of the molecule is Cc1cccc(NC(=O)N2CCCc3ccccc3N(CC(=O)O)C(=O)C2)c1. The van der Waals surface area contributed by atoms with E-state index in [0.29, 0.717) is 30.8 Å². The van der Waals surface area contributed by atoms with E-state index in [1.165, 1.54) is 9.80 Å². The number of nitrogens with zero attached hydrogens (tertiary/aromatic N) is 2. The minimum Gasteiger partial charge on any atom is -0.480 e. The minimum absolute atomic E-state index is 0.181. The molecular weight excluding hydrogens is 358 g/mol. The maximum absolute atomic E-state index is 12.9. The number of anilines is 2. The van der Waals surface area contributed by atoms with Crippen LogP contribution in [0.25, 0.3) is 0 Å². The largest absolute Gasteiger partial charge is 0.480 e. The number of aliphatic carboxylic acids is 1. The summed E-state index contributed by atoms with van der Waals surface area (Å²) < 4.78 is 0. The Balaban J connectivity index is 1.82. The number of carbonyl (C=O) groups excluding carboxylic acids is 2. The van der Waals surface area contributed by atoms with Crippen molar-refractivity contribution in [3.63, 3.8) is 0 Å². The first-order valence-electron chi connectivity index (χ1n) is 9.16. The highest BCUT2D eigenvalue weighted by molar-refractivity contribution is 6.01. The molecular formula is C21H23N3O4. The average molecular weight is 381 g/mol. The van der Waals surface area contributed by atoms with Gasteiger partial charge in [-0.1, -0.05) is 30.3 Å². The molecule has 0 fully saturated rings. The molecule has 146 valence electrons. The van der Waals surface area contributed by atoms with Crippen molar-refractivity contribution in [2.45, 2.75) is 19.8 Å². The summed E-state index contributed by atoms with van der Waals surface area (Å²) in [5, 5.41) is 12.1. The Hall–Kier alpha value is -3.35. The number of urea groups is 1. The third-order valence-corrected chi connectivity index (χ3v) is 4.63. The topological polar surface area (TPSA) is 90.0 Å². The summed E-state index contributed by atoms with van der Waals surface area (Å²) in [6, 6.07) is 14.3. The van der Waals surface area contributed by atoms with Gasteiger partial charge in [-0.25, -0.2) is 4.79 Å². The molecule has 7 nitrogen and oxygen atoms in total. The Morgan fingerprint density at radius 3 is 2.68 bits per heavy atom. The summed E-state index contributed by atoms with van der Waals surface area (Å²) in [6.07, 6.45) is 1.32. The third-order valence-electron chi connectivity index (χ3n) is 4.63. The molecule has 2 aromatic carbocycles. The average Bonchev–Trinajstić information content (AvgIpc) is 2.71. The number of fused-ring (bicyclic) bond motifs is 1. The summed E-state index contributed by atoms with van der Waals surface area (Å²) in [7, 11) is 0. The van der Waals surface area contributed by atoms with E-state index in [2.05, 4.69) is 5.32 Å². The first kappa shape index (κ1) is 19.4. The van der Waals surface area contributed by atoms with Crippen molar-refractivity contribution >= 4 is 29.3 Å². The van der Waals surface area contributed by atoms with Crippen LogP contribution in [0.5, 0.6) is 0 Å². The Kier molecular flexibility index (Phi) is 5.93. The smallest absolute Gasteiger partial charge is 0.323 e. The number of rotatable bonds is 3. The van der Waals surface area contributed by atoms with Gasteiger partial charge in [0.25, 0.3) is 0 Å². The van der Waals surface area contributed by atoms with Crippen LogP contribution in [-0.4, -0.2) is 47.5 Å². The van der Waals surface area contributed by atoms with Gasteiger partial charge in [-0.2, -0.15) is 0 Å². The quantitative estimate of drug-likeness (QED) is 0.855. The van der Waals surface area contributed by atoms with Crippen molar-refractivity contribution in [3.8, 4) is 0 Å². The van der Waals surface area contributed by atoms with E-state index in [9.17, 15) is 19.5 Å². The predicted octanol–water partition coefficient (Wildman–Crippen LogP) is 2.89. The number of benzene rings is 2. The van der Waals surface area contributed by atoms with Crippen LogP contribution in [0.2, 0.25) is 0 Å². The predicted molar refractivity (Wildman–Crippen MR) is 107 cm³/mol. The molecule has 1 aliphatic rings. The lowest BCUT2D eigenvalue weighted by Crippen LogP contribution is -2.46. The van der Waals surface area contributed by atoms with Crippen LogP contribution in [0.3, 0.4) is 0 Å². The Labute approximate surface area is 163 Å². The fraction of sp³-hybridized carbons (Fsp3) is 0.286. The number of nitrogens with one attached hydrogen (secondary N) is 1. The molecule has 0 unspecified atom stereocenters. The summed E-state index contributed by atoms with van der Waals surface area (Å²) in [6.45, 7) is 1.71. The van der Waals surface area contributed by atoms with E-state index in [1.807, 2.05) is 37.3 Å². The molecule has 0 atom stereocenters. The van der Waals surface area contributed by atoms with Gasteiger partial charge in [-0.15, -0.1) is 0 Å². The Bertz CT molecular complexity index is 897. The number of para-hydroxylation sites is 1. The van der Waals surface area contributed by atoms with Crippen molar-refractivity contribution in [3.05, 3.63) is 59.7 Å². The standard InChI is InChI=1S/C21H23N3O4/c1-15-6-4-9-17(12-15)22-21(28)23-11-5-8-16-7-2-3-10-18(16)24(14-20(26)27)19(25)13-23/h2-4,6-7,9-10,12H,5,8,11,13-14H2,1H3,(H,22,28)(H,26,27). The molecule has 0 aromatic heterocycles. The number of hydrogen-bond donors (Lipinski definition) is 2. The lowest BCUT2D eigenvalue weighted by Gasteiger charge is -2.26. The molecule has 1 aliphatic heterocycles. The molecule has 1 heterocycles. The van der Waals surface area contributed by atoms with E-state index in [-0.39, 0.29) is 12.6 Å². The second-order valence-corrected chi connectivity index (χ2v) is 6.83. The third kappa shape index (κ3) is 4.68. The van der Waals surface area contributed by atoms with Crippen molar-refractivity contribution < 1.29 is 19.5 Å².